The van der Waals surface area contributed by atoms with Crippen LogP contribution in [0.15, 0.2) is 28.8 Å². The Hall–Kier alpha value is -1.92. The predicted molar refractivity (Wildman–Crippen MR) is 98.4 cm³/mol. The van der Waals surface area contributed by atoms with E-state index in [4.69, 9.17) is 9.26 Å². The summed E-state index contributed by atoms with van der Waals surface area (Å²) in [6.07, 6.45) is 3.54. The minimum Gasteiger partial charge on any atom is -0.378 e. The lowest BCUT2D eigenvalue weighted by atomic mass is 10.1. The van der Waals surface area contributed by atoms with Crippen molar-refractivity contribution in [3.63, 3.8) is 0 Å². The Labute approximate surface area is 154 Å². The molecule has 3 aliphatic rings. The van der Waals surface area contributed by atoms with Crippen LogP contribution in [-0.2, 0) is 11.3 Å². The highest BCUT2D eigenvalue weighted by molar-refractivity contribution is 5.54. The fourth-order valence-electron chi connectivity index (χ4n) is 4.10. The summed E-state index contributed by atoms with van der Waals surface area (Å²) in [4.78, 5) is 9.63. The zero-order valence-electron chi connectivity index (χ0n) is 15.1. The maximum absolute atomic E-state index is 5.56. The molecule has 5 rings (SSSR count). The highest BCUT2D eigenvalue weighted by Gasteiger charge is 2.33. The van der Waals surface area contributed by atoms with Gasteiger partial charge in [0, 0.05) is 37.8 Å². The van der Waals surface area contributed by atoms with Crippen LogP contribution in [0.25, 0.3) is 0 Å². The molecule has 1 unspecified atom stereocenters. The van der Waals surface area contributed by atoms with Crippen LogP contribution in [-0.4, -0.2) is 54.4 Å². The average Bonchev–Trinajstić information content (AvgIpc) is 3.23. The molecular formula is C20H26N4O2. The van der Waals surface area contributed by atoms with Gasteiger partial charge in [0.2, 0.25) is 5.89 Å². The molecular weight excluding hydrogens is 328 g/mol. The van der Waals surface area contributed by atoms with Gasteiger partial charge in [0.1, 0.15) is 0 Å². The molecule has 2 aromatic rings. The second-order valence-corrected chi connectivity index (χ2v) is 7.71. The largest absolute Gasteiger partial charge is 0.378 e. The van der Waals surface area contributed by atoms with Gasteiger partial charge in [0.05, 0.1) is 19.1 Å². The normalized spacial score (nSPS) is 24.3. The fraction of sp³-hybridized carbons (Fsp3) is 0.600. The maximum Gasteiger partial charge on any atom is 0.231 e. The highest BCUT2D eigenvalue weighted by atomic mass is 16.5. The van der Waals surface area contributed by atoms with Crippen molar-refractivity contribution in [3.05, 3.63) is 41.5 Å². The van der Waals surface area contributed by atoms with Crippen LogP contribution in [0.5, 0.6) is 0 Å². The van der Waals surface area contributed by atoms with E-state index in [1.54, 1.807) is 0 Å². The van der Waals surface area contributed by atoms with Gasteiger partial charge in [-0.3, -0.25) is 4.90 Å². The molecule has 1 aromatic heterocycles. The molecule has 3 fully saturated rings. The molecule has 2 saturated heterocycles. The zero-order chi connectivity index (χ0) is 17.3. The lowest BCUT2D eigenvalue weighted by molar-refractivity contribution is 0.122. The average molecular weight is 354 g/mol. The molecule has 0 radical (unpaired) electrons. The van der Waals surface area contributed by atoms with Crippen LogP contribution in [0.2, 0.25) is 0 Å². The highest BCUT2D eigenvalue weighted by Crippen LogP contribution is 2.39. The van der Waals surface area contributed by atoms with Crippen molar-refractivity contribution in [2.24, 2.45) is 0 Å². The summed E-state index contributed by atoms with van der Waals surface area (Å²) in [6.45, 7) is 6.67. The Morgan fingerprint density at radius 2 is 1.85 bits per heavy atom. The SMILES string of the molecule is c1ccc(N2CCOCC2)c(CN2CCC(c3nc(C4CC4)no3)C2)c1. The Balaban J connectivity index is 1.25. The summed E-state index contributed by atoms with van der Waals surface area (Å²) >= 11 is 0. The smallest absolute Gasteiger partial charge is 0.231 e. The number of benzene rings is 1. The minimum absolute atomic E-state index is 0.380. The molecule has 1 aromatic carbocycles. The molecule has 26 heavy (non-hydrogen) atoms. The summed E-state index contributed by atoms with van der Waals surface area (Å²) in [5.41, 5.74) is 2.76. The summed E-state index contributed by atoms with van der Waals surface area (Å²) in [7, 11) is 0. The van der Waals surface area contributed by atoms with Crippen LogP contribution in [0.1, 0.15) is 48.4 Å². The number of nitrogens with zero attached hydrogens (tertiary/aromatic N) is 4. The molecule has 0 bridgehead atoms. The van der Waals surface area contributed by atoms with Crippen molar-refractivity contribution in [2.45, 2.75) is 37.6 Å². The number of anilines is 1. The maximum atomic E-state index is 5.56. The summed E-state index contributed by atoms with van der Waals surface area (Å²) in [5, 5.41) is 4.18. The summed E-state index contributed by atoms with van der Waals surface area (Å²) in [5.74, 6) is 2.71. The molecule has 3 heterocycles. The first-order valence-corrected chi connectivity index (χ1v) is 9.83. The van der Waals surface area contributed by atoms with E-state index in [0.29, 0.717) is 11.8 Å². The number of para-hydroxylation sites is 1. The van der Waals surface area contributed by atoms with Crippen LogP contribution in [0, 0.1) is 0 Å². The monoisotopic (exact) mass is 354 g/mol. The molecule has 138 valence electrons. The number of rotatable bonds is 5. The number of likely N-dealkylation sites (tertiary alicyclic amines) is 1. The first-order chi connectivity index (χ1) is 12.9. The third-order valence-electron chi connectivity index (χ3n) is 5.76. The fourth-order valence-corrected chi connectivity index (χ4v) is 4.10. The second-order valence-electron chi connectivity index (χ2n) is 7.71. The number of aromatic nitrogens is 2. The molecule has 0 N–H and O–H groups in total. The Morgan fingerprint density at radius 1 is 1.00 bits per heavy atom. The van der Waals surface area contributed by atoms with E-state index in [1.165, 1.54) is 24.1 Å². The van der Waals surface area contributed by atoms with Crippen molar-refractivity contribution < 1.29 is 9.26 Å². The van der Waals surface area contributed by atoms with Crippen LogP contribution in [0.4, 0.5) is 5.69 Å². The van der Waals surface area contributed by atoms with Gasteiger partial charge >= 0.3 is 0 Å². The van der Waals surface area contributed by atoms with Crippen LogP contribution in [0.3, 0.4) is 0 Å². The minimum atomic E-state index is 0.380. The van der Waals surface area contributed by atoms with Crippen molar-refractivity contribution in [1.29, 1.82) is 0 Å². The Kier molecular flexibility index (Phi) is 4.38. The van der Waals surface area contributed by atoms with Gasteiger partial charge in [-0.25, -0.2) is 0 Å². The number of hydrogen-bond acceptors (Lipinski definition) is 6. The Morgan fingerprint density at radius 3 is 2.69 bits per heavy atom. The van der Waals surface area contributed by atoms with Crippen LogP contribution < -0.4 is 4.90 Å². The van der Waals surface area contributed by atoms with Crippen molar-refractivity contribution in [2.75, 3.05) is 44.3 Å². The second kappa shape index (κ2) is 7.00. The Bertz CT molecular complexity index is 752. The van der Waals surface area contributed by atoms with E-state index in [9.17, 15) is 0 Å². The molecule has 2 aliphatic heterocycles. The predicted octanol–water partition coefficient (Wildman–Crippen LogP) is 2.77. The summed E-state index contributed by atoms with van der Waals surface area (Å²) < 4.78 is 11.1. The van der Waals surface area contributed by atoms with Gasteiger partial charge < -0.3 is 14.2 Å². The van der Waals surface area contributed by atoms with Crippen molar-refractivity contribution in [1.82, 2.24) is 15.0 Å². The standard InChI is InChI=1S/C20H26N4O2/c1-2-4-18(24-9-11-25-12-10-24)16(3-1)13-23-8-7-17(14-23)20-21-19(22-26-20)15-5-6-15/h1-4,15,17H,5-14H2. The number of ether oxygens (including phenoxy) is 1. The quantitative estimate of drug-likeness (QED) is 0.823. The molecule has 6 nitrogen and oxygen atoms in total. The molecule has 1 saturated carbocycles. The van der Waals surface area contributed by atoms with E-state index >= 15 is 0 Å². The van der Waals surface area contributed by atoms with E-state index in [1.807, 2.05) is 0 Å². The lowest BCUT2D eigenvalue weighted by Crippen LogP contribution is -2.37. The van der Waals surface area contributed by atoms with Crippen molar-refractivity contribution >= 4 is 5.69 Å². The topological polar surface area (TPSA) is 54.6 Å². The molecule has 0 amide bonds. The third-order valence-corrected chi connectivity index (χ3v) is 5.76. The van der Waals surface area contributed by atoms with Gasteiger partial charge in [0.15, 0.2) is 5.82 Å². The van der Waals surface area contributed by atoms with Gasteiger partial charge in [0.25, 0.3) is 0 Å². The summed E-state index contributed by atoms with van der Waals surface area (Å²) in [6, 6.07) is 8.79. The molecule has 6 heteroatoms. The van der Waals surface area contributed by atoms with Gasteiger partial charge in [-0.2, -0.15) is 4.98 Å². The van der Waals surface area contributed by atoms with Gasteiger partial charge in [-0.05, 0) is 37.4 Å². The van der Waals surface area contributed by atoms with Gasteiger partial charge in [-0.15, -0.1) is 0 Å². The van der Waals surface area contributed by atoms with E-state index in [0.717, 1.165) is 64.1 Å². The number of hydrogen-bond donors (Lipinski definition) is 0. The molecule has 1 aliphatic carbocycles. The zero-order valence-corrected chi connectivity index (χ0v) is 15.1. The van der Waals surface area contributed by atoms with E-state index in [-0.39, 0.29) is 0 Å². The molecule has 1 atom stereocenters. The third kappa shape index (κ3) is 3.35. The van der Waals surface area contributed by atoms with Crippen LogP contribution >= 0.6 is 0 Å². The van der Waals surface area contributed by atoms with Gasteiger partial charge in [-0.1, -0.05) is 23.4 Å². The first kappa shape index (κ1) is 16.3. The first-order valence-electron chi connectivity index (χ1n) is 9.83. The lowest BCUT2D eigenvalue weighted by Gasteiger charge is -2.31. The van der Waals surface area contributed by atoms with E-state index in [2.05, 4.69) is 44.2 Å². The molecule has 0 spiro atoms. The van der Waals surface area contributed by atoms with E-state index < -0.39 is 0 Å². The number of morpholine rings is 1. The van der Waals surface area contributed by atoms with Crippen molar-refractivity contribution in [3.8, 4) is 0 Å².